The van der Waals surface area contributed by atoms with E-state index in [9.17, 15) is 14.0 Å². The van der Waals surface area contributed by atoms with E-state index >= 15 is 9.18 Å². The van der Waals surface area contributed by atoms with Gasteiger partial charge in [-0.2, -0.15) is 10.2 Å². The Morgan fingerprint density at radius 1 is 1.00 bits per heavy atom. The fraction of sp³-hybridized carbons (Fsp3) is 0.348. The number of fused-ring (bicyclic) bond motifs is 3. The highest BCUT2D eigenvalue weighted by molar-refractivity contribution is 5.98. The third-order valence-corrected chi connectivity index (χ3v) is 13.5. The first-order valence-electron chi connectivity index (χ1n) is 21.2. The number of carbonyl (C=O) groups excluding carboxylic acids is 1. The first-order chi connectivity index (χ1) is 30.2. The lowest BCUT2D eigenvalue weighted by atomic mass is 9.84. The molecule has 2 atom stereocenters. The Bertz CT molecular complexity index is 3300. The molecule has 0 unspecified atom stereocenters. The average molecular weight is 855 g/mol. The van der Waals surface area contributed by atoms with Gasteiger partial charge in [0.15, 0.2) is 11.6 Å². The Labute approximate surface area is 358 Å². The number of halogens is 2. The predicted octanol–water partition coefficient (Wildman–Crippen LogP) is 6.73. The van der Waals surface area contributed by atoms with E-state index in [0.717, 1.165) is 23.9 Å². The topological polar surface area (TPSA) is 155 Å². The molecule has 1 N–H and O–H groups in total. The molecule has 1 saturated heterocycles. The van der Waals surface area contributed by atoms with Crippen LogP contribution in [-0.2, 0) is 23.6 Å². The highest BCUT2D eigenvalue weighted by Crippen LogP contribution is 2.54. The normalized spacial score (nSPS) is 19.3. The maximum Gasteiger partial charge on any atom is 0.438 e. The number of carbonyl (C=O) groups is 1. The lowest BCUT2D eigenvalue weighted by Gasteiger charge is -2.35. The lowest BCUT2D eigenvalue weighted by Crippen LogP contribution is -2.40. The number of aromatic amines is 1. The van der Waals surface area contributed by atoms with Crippen molar-refractivity contribution >= 4 is 22.3 Å². The van der Waals surface area contributed by atoms with Gasteiger partial charge in [0.25, 0.3) is 5.91 Å². The van der Waals surface area contributed by atoms with Crippen molar-refractivity contribution in [3.63, 3.8) is 0 Å². The first-order valence-corrected chi connectivity index (χ1v) is 21.2. The molecule has 1 amide bonds. The molecule has 0 bridgehead atoms. The summed E-state index contributed by atoms with van der Waals surface area (Å²) in [4.78, 5) is 46.8. The molecular formula is C46H44F2N10O5. The standard InChI is InChI=1S/C46H44F2N10O5/c1-25-20-29(6-7-33(25)47)58-40(57-18-17-56(44(57)61)36-9-8-35-32(38(36)48)24-49-53(35)5)37-26(2)54(16-11-34(37)51-58)41(59)31-22-30-21-27(28-12-19-62-45(3,4)23-28)10-15-55(30)39(31)46(13-14-46)42-50-43(60)63-52-42/h6-10,15,17-18,20-22,24,26,28H,11-14,16,19,23H2,1-5H3,(H,50,52,60)/t26-,28-/m0/s1. The van der Waals surface area contributed by atoms with Gasteiger partial charge >= 0.3 is 11.4 Å². The average Bonchev–Trinajstić information content (AvgIpc) is 3.72. The molecule has 15 nitrogen and oxygen atoms in total. The number of H-pyrrole nitrogens is 1. The molecule has 1 saturated carbocycles. The van der Waals surface area contributed by atoms with Gasteiger partial charge in [0.1, 0.15) is 11.6 Å². The Balaban J connectivity index is 1.04. The zero-order valence-electron chi connectivity index (χ0n) is 35.4. The second kappa shape index (κ2) is 13.8. The number of hydrogen-bond donors (Lipinski definition) is 1. The van der Waals surface area contributed by atoms with Gasteiger partial charge in [0.2, 0.25) is 0 Å². The molecule has 2 fully saturated rings. The van der Waals surface area contributed by atoms with Crippen molar-refractivity contribution in [2.24, 2.45) is 7.05 Å². The number of rotatable bonds is 7. The fourth-order valence-electron chi connectivity index (χ4n) is 10.1. The molecule has 6 aromatic heterocycles. The lowest BCUT2D eigenvalue weighted by molar-refractivity contribution is -0.0593. The van der Waals surface area contributed by atoms with E-state index in [2.05, 4.69) is 41.2 Å². The summed E-state index contributed by atoms with van der Waals surface area (Å²) in [5.41, 5.74) is 4.36. The van der Waals surface area contributed by atoms with Crippen molar-refractivity contribution in [3.05, 3.63) is 145 Å². The minimum absolute atomic E-state index is 0.0427. The van der Waals surface area contributed by atoms with Gasteiger partial charge in [0.05, 0.1) is 56.8 Å². The third kappa shape index (κ3) is 5.99. The first kappa shape index (κ1) is 39.0. The number of hydrogen-bond acceptors (Lipinski definition) is 8. The van der Waals surface area contributed by atoms with Crippen molar-refractivity contribution in [2.75, 3.05) is 13.2 Å². The van der Waals surface area contributed by atoms with Crippen molar-refractivity contribution < 1.29 is 22.8 Å². The van der Waals surface area contributed by atoms with Crippen LogP contribution >= 0.6 is 0 Å². The van der Waals surface area contributed by atoms with Crippen LogP contribution in [-0.4, -0.2) is 72.8 Å². The van der Waals surface area contributed by atoms with Crippen LogP contribution in [0.2, 0.25) is 0 Å². The highest BCUT2D eigenvalue weighted by Gasteiger charge is 2.54. The zero-order valence-corrected chi connectivity index (χ0v) is 35.4. The minimum Gasteiger partial charge on any atom is -0.376 e. The molecule has 17 heteroatoms. The smallest absolute Gasteiger partial charge is 0.376 e. The molecule has 8 heterocycles. The van der Waals surface area contributed by atoms with Crippen LogP contribution in [0, 0.1) is 18.6 Å². The Hall–Kier alpha value is -6.88. The number of imidazole rings is 1. The van der Waals surface area contributed by atoms with E-state index in [1.165, 1.54) is 33.7 Å². The molecule has 322 valence electrons. The monoisotopic (exact) mass is 854 g/mol. The third-order valence-electron chi connectivity index (χ3n) is 13.5. The van der Waals surface area contributed by atoms with E-state index in [-0.39, 0.29) is 28.5 Å². The van der Waals surface area contributed by atoms with Crippen LogP contribution in [0.15, 0.2) is 87.4 Å². The molecule has 2 aliphatic heterocycles. The molecule has 0 radical (unpaired) electrons. The fourth-order valence-corrected chi connectivity index (χ4v) is 10.1. The molecule has 1 aliphatic carbocycles. The van der Waals surface area contributed by atoms with E-state index < -0.39 is 34.5 Å². The van der Waals surface area contributed by atoms with E-state index in [4.69, 9.17) is 14.4 Å². The van der Waals surface area contributed by atoms with Crippen molar-refractivity contribution in [2.45, 2.75) is 82.8 Å². The summed E-state index contributed by atoms with van der Waals surface area (Å²) in [6, 6.07) is 13.4. The van der Waals surface area contributed by atoms with Crippen LogP contribution in [0.25, 0.3) is 33.6 Å². The van der Waals surface area contributed by atoms with E-state index in [1.807, 2.05) is 23.6 Å². The Kier molecular flexibility index (Phi) is 8.55. The number of nitrogens with zero attached hydrogens (tertiary/aromatic N) is 9. The molecule has 11 rings (SSSR count). The molecule has 63 heavy (non-hydrogen) atoms. The molecule has 8 aromatic rings. The summed E-state index contributed by atoms with van der Waals surface area (Å²) in [7, 11) is 1.72. The van der Waals surface area contributed by atoms with Crippen LogP contribution in [0.5, 0.6) is 0 Å². The number of nitrogens with one attached hydrogen (secondary N) is 1. The number of amides is 1. The van der Waals surface area contributed by atoms with Crippen molar-refractivity contribution in [1.82, 2.24) is 48.1 Å². The van der Waals surface area contributed by atoms with Gasteiger partial charge < -0.3 is 14.0 Å². The second-order valence-corrected chi connectivity index (χ2v) is 17.9. The zero-order chi connectivity index (χ0) is 43.7. The summed E-state index contributed by atoms with van der Waals surface area (Å²) in [6.45, 7) is 8.73. The molecule has 3 aliphatic rings. The van der Waals surface area contributed by atoms with Gasteiger partial charge in [0, 0.05) is 62.0 Å². The maximum atomic E-state index is 16.1. The molecular weight excluding hydrogens is 811 g/mol. The number of pyridine rings is 1. The minimum atomic E-state index is -0.767. The second-order valence-electron chi connectivity index (χ2n) is 17.9. The van der Waals surface area contributed by atoms with Crippen LogP contribution in [0.3, 0.4) is 0 Å². The molecule has 2 aromatic carbocycles. The molecule has 0 spiro atoms. The number of ether oxygens (including phenoxy) is 1. The number of aromatic nitrogens is 9. The van der Waals surface area contributed by atoms with Crippen LogP contribution in [0.1, 0.15) is 103 Å². The van der Waals surface area contributed by atoms with Gasteiger partial charge in [-0.25, -0.2) is 23.1 Å². The summed E-state index contributed by atoms with van der Waals surface area (Å²) < 4.78 is 49.6. The van der Waals surface area contributed by atoms with Crippen LogP contribution in [0.4, 0.5) is 8.78 Å². The van der Waals surface area contributed by atoms with Crippen molar-refractivity contribution in [3.8, 4) is 17.2 Å². The van der Waals surface area contributed by atoms with Gasteiger partial charge in [-0.3, -0.25) is 28.1 Å². The van der Waals surface area contributed by atoms with Gasteiger partial charge in [-0.05, 0) is 119 Å². The SMILES string of the molecule is Cc1cc(-n2nc3c(c2-n2ccn(-c4ccc5c(cnn5C)c4F)c2=O)[C@H](C)N(C(=O)c2cc4cc([C@H]5CCOC(C)(C)C5)ccn4c2C2(c4noc(=O)[nH]4)CC2)CC3)ccc1F. The van der Waals surface area contributed by atoms with Crippen molar-refractivity contribution in [1.29, 1.82) is 0 Å². The van der Waals surface area contributed by atoms with Crippen LogP contribution < -0.4 is 11.4 Å². The highest BCUT2D eigenvalue weighted by atomic mass is 19.1. The summed E-state index contributed by atoms with van der Waals surface area (Å²) in [5, 5.41) is 13.6. The number of aryl methyl sites for hydroxylation is 2. The summed E-state index contributed by atoms with van der Waals surface area (Å²) >= 11 is 0. The van der Waals surface area contributed by atoms with Gasteiger partial charge in [-0.15, -0.1) is 0 Å². The maximum absolute atomic E-state index is 16.1. The van der Waals surface area contributed by atoms with E-state index in [1.54, 1.807) is 52.6 Å². The summed E-state index contributed by atoms with van der Waals surface area (Å²) in [6.07, 6.45) is 9.84. The summed E-state index contributed by atoms with van der Waals surface area (Å²) in [5.74, 6) is -0.925. The van der Waals surface area contributed by atoms with Gasteiger partial charge in [-0.1, -0.05) is 5.16 Å². The number of benzene rings is 2. The largest absolute Gasteiger partial charge is 0.438 e. The Morgan fingerprint density at radius 2 is 1.81 bits per heavy atom. The van der Waals surface area contributed by atoms with E-state index in [0.29, 0.717) is 83.3 Å². The Morgan fingerprint density at radius 3 is 2.56 bits per heavy atom. The predicted molar refractivity (Wildman–Crippen MR) is 227 cm³/mol. The quantitative estimate of drug-likeness (QED) is 0.185.